The number of hydrogen-bond acceptors (Lipinski definition) is 3. The lowest BCUT2D eigenvalue weighted by atomic mass is 10.1. The number of benzene rings is 1. The van der Waals surface area contributed by atoms with E-state index in [2.05, 4.69) is 15.0 Å². The molecule has 0 unspecified atom stereocenters. The second-order valence-electron chi connectivity index (χ2n) is 4.48. The predicted molar refractivity (Wildman–Crippen MR) is 75.3 cm³/mol. The first-order chi connectivity index (χ1) is 9.96. The average Bonchev–Trinajstić information content (AvgIpc) is 2.41. The summed E-state index contributed by atoms with van der Waals surface area (Å²) in [6.07, 6.45) is -2.60. The molecule has 114 valence electrons. The summed E-state index contributed by atoms with van der Waals surface area (Å²) in [6.45, 7) is -0.456. The Morgan fingerprint density at radius 3 is 2.86 bits per heavy atom. The summed E-state index contributed by atoms with van der Waals surface area (Å²) in [6, 6.07) is 7.34. The third-order valence-electron chi connectivity index (χ3n) is 2.75. The molecule has 1 aromatic heterocycles. The fourth-order valence-electron chi connectivity index (χ4n) is 1.92. The van der Waals surface area contributed by atoms with Crippen LogP contribution in [0.3, 0.4) is 0 Å². The molecule has 0 amide bonds. The van der Waals surface area contributed by atoms with Crippen LogP contribution in [0.4, 0.5) is 13.2 Å². The molecule has 1 N–H and O–H groups in total. The van der Waals surface area contributed by atoms with Crippen molar-refractivity contribution in [3.63, 3.8) is 0 Å². The number of alkyl halides is 3. The van der Waals surface area contributed by atoms with Gasteiger partial charge in [-0.2, -0.15) is 13.2 Å². The van der Waals surface area contributed by atoms with Gasteiger partial charge in [-0.3, -0.25) is 4.98 Å². The van der Waals surface area contributed by atoms with Crippen molar-refractivity contribution in [3.05, 3.63) is 41.0 Å². The van der Waals surface area contributed by atoms with Crippen LogP contribution in [0.5, 0.6) is 0 Å². The molecule has 0 bridgehead atoms. The van der Waals surface area contributed by atoms with E-state index in [0.717, 1.165) is 16.5 Å². The first kappa shape index (κ1) is 16.0. The molecule has 0 saturated carbocycles. The molecule has 2 aromatic rings. The van der Waals surface area contributed by atoms with Crippen LogP contribution < -0.4 is 5.32 Å². The minimum absolute atomic E-state index is 0.00850. The standard InChI is InChI=1S/C14H14ClF3N2O/c15-12-6-10-2-1-3-20-13(10)11(7-12)8-19-4-5-21-9-14(16,17)18/h1-3,6-7,19H,4-5,8-9H2. The number of nitrogens with one attached hydrogen (secondary N) is 1. The van der Waals surface area contributed by atoms with Gasteiger partial charge in [-0.25, -0.2) is 0 Å². The van der Waals surface area contributed by atoms with Crippen molar-refractivity contribution in [2.75, 3.05) is 19.8 Å². The average molecular weight is 319 g/mol. The molecule has 2 rings (SSSR count). The lowest BCUT2D eigenvalue weighted by Gasteiger charge is -2.10. The predicted octanol–water partition coefficient (Wildman–Crippen LogP) is 3.56. The Labute approximate surface area is 125 Å². The fourth-order valence-corrected chi connectivity index (χ4v) is 2.17. The normalized spacial score (nSPS) is 12.0. The van der Waals surface area contributed by atoms with Crippen LogP contribution >= 0.6 is 11.6 Å². The van der Waals surface area contributed by atoms with Crippen molar-refractivity contribution in [3.8, 4) is 0 Å². The smallest absolute Gasteiger partial charge is 0.371 e. The summed E-state index contributed by atoms with van der Waals surface area (Å²) in [7, 11) is 0. The largest absolute Gasteiger partial charge is 0.411 e. The fraction of sp³-hybridized carbons (Fsp3) is 0.357. The van der Waals surface area contributed by atoms with Crippen LogP contribution in [-0.4, -0.2) is 30.9 Å². The Kier molecular flexibility index (Phi) is 5.39. The van der Waals surface area contributed by atoms with Crippen LogP contribution in [0.15, 0.2) is 30.5 Å². The van der Waals surface area contributed by atoms with Crippen molar-refractivity contribution in [2.45, 2.75) is 12.7 Å². The van der Waals surface area contributed by atoms with E-state index in [1.807, 2.05) is 18.2 Å². The van der Waals surface area contributed by atoms with E-state index in [9.17, 15) is 13.2 Å². The highest BCUT2D eigenvalue weighted by Gasteiger charge is 2.27. The van der Waals surface area contributed by atoms with Crippen molar-refractivity contribution >= 4 is 22.5 Å². The highest BCUT2D eigenvalue weighted by molar-refractivity contribution is 6.31. The summed E-state index contributed by atoms with van der Waals surface area (Å²) in [4.78, 5) is 4.29. The van der Waals surface area contributed by atoms with Crippen molar-refractivity contribution in [2.24, 2.45) is 0 Å². The van der Waals surface area contributed by atoms with E-state index in [1.54, 1.807) is 12.3 Å². The molecule has 0 fully saturated rings. The maximum Gasteiger partial charge on any atom is 0.411 e. The summed E-state index contributed by atoms with van der Waals surface area (Å²) in [5, 5.41) is 4.54. The third kappa shape index (κ3) is 5.15. The zero-order valence-corrected chi connectivity index (χ0v) is 11.8. The Bertz CT molecular complexity index is 604. The highest BCUT2D eigenvalue weighted by atomic mass is 35.5. The van der Waals surface area contributed by atoms with Gasteiger partial charge in [-0.05, 0) is 23.8 Å². The van der Waals surface area contributed by atoms with Gasteiger partial charge in [0.15, 0.2) is 0 Å². The van der Waals surface area contributed by atoms with Gasteiger partial charge in [0, 0.05) is 29.7 Å². The minimum Gasteiger partial charge on any atom is -0.371 e. The SMILES string of the molecule is FC(F)(F)COCCNCc1cc(Cl)cc2cccnc12. The Hall–Kier alpha value is -1.37. The van der Waals surface area contributed by atoms with Crippen LogP contribution in [0.1, 0.15) is 5.56 Å². The van der Waals surface area contributed by atoms with Gasteiger partial charge in [0.25, 0.3) is 0 Å². The monoisotopic (exact) mass is 318 g/mol. The van der Waals surface area contributed by atoms with Crippen LogP contribution in [0, 0.1) is 0 Å². The summed E-state index contributed by atoms with van der Waals surface area (Å²) >= 11 is 6.03. The van der Waals surface area contributed by atoms with Gasteiger partial charge in [0.1, 0.15) is 6.61 Å². The first-order valence-electron chi connectivity index (χ1n) is 6.34. The molecule has 0 radical (unpaired) electrons. The number of nitrogens with zero attached hydrogens (tertiary/aromatic N) is 1. The second kappa shape index (κ2) is 7.06. The Morgan fingerprint density at radius 2 is 2.10 bits per heavy atom. The topological polar surface area (TPSA) is 34.1 Å². The van der Waals surface area contributed by atoms with E-state index in [-0.39, 0.29) is 6.61 Å². The molecular weight excluding hydrogens is 305 g/mol. The van der Waals surface area contributed by atoms with Crippen LogP contribution in [0.25, 0.3) is 10.9 Å². The second-order valence-corrected chi connectivity index (χ2v) is 4.92. The number of ether oxygens (including phenoxy) is 1. The number of halogens is 4. The van der Waals surface area contributed by atoms with E-state index >= 15 is 0 Å². The van der Waals surface area contributed by atoms with E-state index < -0.39 is 12.8 Å². The van der Waals surface area contributed by atoms with Crippen molar-refractivity contribution in [1.29, 1.82) is 0 Å². The van der Waals surface area contributed by atoms with Crippen LogP contribution in [0.2, 0.25) is 5.02 Å². The molecular formula is C14H14ClF3N2O. The van der Waals surface area contributed by atoms with Crippen LogP contribution in [-0.2, 0) is 11.3 Å². The zero-order chi connectivity index (χ0) is 15.3. The zero-order valence-electron chi connectivity index (χ0n) is 11.1. The van der Waals surface area contributed by atoms with E-state index in [0.29, 0.717) is 18.1 Å². The van der Waals surface area contributed by atoms with Crippen molar-refractivity contribution in [1.82, 2.24) is 10.3 Å². The molecule has 7 heteroatoms. The number of rotatable bonds is 6. The molecule has 0 aliphatic heterocycles. The van der Waals surface area contributed by atoms with Gasteiger partial charge in [-0.1, -0.05) is 17.7 Å². The van der Waals surface area contributed by atoms with Crippen molar-refractivity contribution < 1.29 is 17.9 Å². The molecule has 1 aromatic carbocycles. The quantitative estimate of drug-likeness (QED) is 0.827. The molecule has 0 spiro atoms. The first-order valence-corrected chi connectivity index (χ1v) is 6.72. The van der Waals surface area contributed by atoms with Gasteiger partial charge < -0.3 is 10.1 Å². The molecule has 0 saturated heterocycles. The summed E-state index contributed by atoms with van der Waals surface area (Å²) in [5.74, 6) is 0. The number of aromatic nitrogens is 1. The maximum atomic E-state index is 11.9. The lowest BCUT2D eigenvalue weighted by Crippen LogP contribution is -2.23. The van der Waals surface area contributed by atoms with Gasteiger partial charge in [0.2, 0.25) is 0 Å². The number of fused-ring (bicyclic) bond motifs is 1. The molecule has 3 nitrogen and oxygen atoms in total. The third-order valence-corrected chi connectivity index (χ3v) is 2.97. The number of hydrogen-bond donors (Lipinski definition) is 1. The Balaban J connectivity index is 1.86. The number of pyridine rings is 1. The molecule has 1 heterocycles. The summed E-state index contributed by atoms with van der Waals surface area (Å²) < 4.78 is 40.2. The summed E-state index contributed by atoms with van der Waals surface area (Å²) in [5.41, 5.74) is 1.72. The van der Waals surface area contributed by atoms with Gasteiger partial charge in [0.05, 0.1) is 12.1 Å². The minimum atomic E-state index is -4.28. The van der Waals surface area contributed by atoms with Gasteiger partial charge in [-0.15, -0.1) is 0 Å². The molecule has 0 aliphatic rings. The molecule has 0 atom stereocenters. The van der Waals surface area contributed by atoms with Gasteiger partial charge >= 0.3 is 6.18 Å². The van der Waals surface area contributed by atoms with E-state index in [1.165, 1.54) is 0 Å². The molecule has 21 heavy (non-hydrogen) atoms. The Morgan fingerprint density at radius 1 is 1.29 bits per heavy atom. The highest BCUT2D eigenvalue weighted by Crippen LogP contribution is 2.22. The molecule has 0 aliphatic carbocycles. The van der Waals surface area contributed by atoms with E-state index in [4.69, 9.17) is 11.6 Å². The lowest BCUT2D eigenvalue weighted by molar-refractivity contribution is -0.173. The maximum absolute atomic E-state index is 11.9.